The molecule has 2 heterocycles. The molecule has 1 aromatic rings. The zero-order chi connectivity index (χ0) is 13.6. The van der Waals surface area contributed by atoms with Crippen molar-refractivity contribution in [1.82, 2.24) is 9.55 Å². The van der Waals surface area contributed by atoms with E-state index in [1.807, 2.05) is 4.57 Å². The van der Waals surface area contributed by atoms with E-state index in [-0.39, 0.29) is 16.7 Å². The van der Waals surface area contributed by atoms with Gasteiger partial charge in [0.25, 0.3) is 0 Å². The van der Waals surface area contributed by atoms with E-state index in [1.54, 1.807) is 0 Å². The number of nitrogens with zero attached hydrogens (tertiary/aromatic N) is 2. The maximum Gasteiger partial charge on any atom is 0.239 e. The maximum absolute atomic E-state index is 12.9. The fourth-order valence-corrected chi connectivity index (χ4v) is 3.74. The Hall–Kier alpha value is -1.38. The topological polar surface area (TPSA) is 34.9 Å². The average Bonchev–Trinajstić information content (AvgIpc) is 3.00. The third-order valence-electron chi connectivity index (χ3n) is 5.90. The lowest BCUT2D eigenvalue weighted by molar-refractivity contribution is 0.0668. The molecule has 3 aliphatic rings. The third-order valence-corrected chi connectivity index (χ3v) is 5.90. The highest BCUT2D eigenvalue weighted by Gasteiger charge is 2.56. The van der Waals surface area contributed by atoms with Crippen LogP contribution < -0.4 is 10.7 Å². The molecule has 3 heteroatoms. The maximum atomic E-state index is 12.9. The molecule has 3 unspecified atom stereocenters. The molecule has 1 fully saturated rings. The van der Waals surface area contributed by atoms with Crippen molar-refractivity contribution in [3.8, 4) is 0 Å². The van der Waals surface area contributed by atoms with E-state index in [9.17, 15) is 4.79 Å². The second-order valence-corrected chi connectivity index (χ2v) is 7.05. The molecule has 0 radical (unpaired) electrons. The van der Waals surface area contributed by atoms with Gasteiger partial charge in [0, 0.05) is 5.41 Å². The largest absolute Gasteiger partial charge is 0.273 e. The standard InChI is InChI=1S/C16H20N2O/c1-5-16(4)14(19)18-12-8-10-6-9(10)7-11(12)17-13(18)15(16,2)3/h7-10H,5-6H2,1-4H3. The summed E-state index contributed by atoms with van der Waals surface area (Å²) in [6.45, 7) is 8.51. The van der Waals surface area contributed by atoms with Crippen LogP contribution in [0.25, 0.3) is 12.2 Å². The van der Waals surface area contributed by atoms with Crippen molar-refractivity contribution >= 4 is 18.1 Å². The first-order valence-corrected chi connectivity index (χ1v) is 7.28. The van der Waals surface area contributed by atoms with Crippen molar-refractivity contribution in [1.29, 1.82) is 0 Å². The Balaban J connectivity index is 2.06. The lowest BCUT2D eigenvalue weighted by Gasteiger charge is -2.33. The predicted molar refractivity (Wildman–Crippen MR) is 74.1 cm³/mol. The minimum Gasteiger partial charge on any atom is -0.273 e. The number of carbonyl (C=O) groups excluding carboxylic acids is 1. The van der Waals surface area contributed by atoms with Gasteiger partial charge in [-0.15, -0.1) is 0 Å². The fourth-order valence-electron chi connectivity index (χ4n) is 3.74. The predicted octanol–water partition coefficient (Wildman–Crippen LogP) is 1.44. The quantitative estimate of drug-likeness (QED) is 0.762. The highest BCUT2D eigenvalue weighted by molar-refractivity contribution is 5.90. The molecule has 0 amide bonds. The summed E-state index contributed by atoms with van der Waals surface area (Å²) in [6, 6.07) is 0. The summed E-state index contributed by atoms with van der Waals surface area (Å²) in [5.41, 5.74) is -0.527. The van der Waals surface area contributed by atoms with Crippen molar-refractivity contribution in [2.75, 3.05) is 0 Å². The van der Waals surface area contributed by atoms with Crippen LogP contribution in [0.5, 0.6) is 0 Å². The van der Waals surface area contributed by atoms with Gasteiger partial charge in [-0.3, -0.25) is 9.36 Å². The molecule has 100 valence electrons. The molecular weight excluding hydrogens is 236 g/mol. The monoisotopic (exact) mass is 256 g/mol. The number of fused-ring (bicyclic) bond motifs is 4. The van der Waals surface area contributed by atoms with Gasteiger partial charge in [-0.1, -0.05) is 32.9 Å². The summed E-state index contributed by atoms with van der Waals surface area (Å²) < 4.78 is 1.91. The molecule has 4 rings (SSSR count). The van der Waals surface area contributed by atoms with E-state index in [2.05, 4.69) is 39.8 Å². The molecule has 0 aromatic carbocycles. The second-order valence-electron chi connectivity index (χ2n) is 7.05. The van der Waals surface area contributed by atoms with Gasteiger partial charge in [-0.05, 0) is 31.6 Å². The minimum atomic E-state index is -0.335. The summed E-state index contributed by atoms with van der Waals surface area (Å²) in [6.07, 6.45) is 6.62. The van der Waals surface area contributed by atoms with Gasteiger partial charge in [-0.25, -0.2) is 4.98 Å². The summed E-state index contributed by atoms with van der Waals surface area (Å²) in [7, 11) is 0. The normalized spacial score (nSPS) is 36.9. The van der Waals surface area contributed by atoms with E-state index in [0.717, 1.165) is 22.9 Å². The van der Waals surface area contributed by atoms with Gasteiger partial charge in [0.1, 0.15) is 5.82 Å². The third kappa shape index (κ3) is 1.11. The minimum absolute atomic E-state index is 0.192. The van der Waals surface area contributed by atoms with Gasteiger partial charge in [0.05, 0.1) is 16.1 Å². The fraction of sp³-hybridized carbons (Fsp3) is 0.625. The zero-order valence-corrected chi connectivity index (χ0v) is 12.0. The van der Waals surface area contributed by atoms with Crippen LogP contribution >= 0.6 is 0 Å². The smallest absolute Gasteiger partial charge is 0.239 e. The highest BCUT2D eigenvalue weighted by Crippen LogP contribution is 2.49. The average molecular weight is 256 g/mol. The molecular formula is C16H20N2O. The van der Waals surface area contributed by atoms with Crippen LogP contribution in [0.2, 0.25) is 0 Å². The molecule has 1 aromatic heterocycles. The molecule has 3 nitrogen and oxygen atoms in total. The molecule has 0 bridgehead atoms. The Labute approximate surface area is 113 Å². The Morgan fingerprint density at radius 3 is 2.68 bits per heavy atom. The van der Waals surface area contributed by atoms with Crippen LogP contribution in [-0.4, -0.2) is 15.5 Å². The molecule has 1 saturated carbocycles. The number of hydrogen-bond acceptors (Lipinski definition) is 2. The molecule has 3 atom stereocenters. The number of imidazole rings is 1. The van der Waals surface area contributed by atoms with Gasteiger partial charge in [-0.2, -0.15) is 0 Å². The van der Waals surface area contributed by atoms with E-state index in [0.29, 0.717) is 11.8 Å². The van der Waals surface area contributed by atoms with Crippen molar-refractivity contribution < 1.29 is 4.79 Å². The summed E-state index contributed by atoms with van der Waals surface area (Å²) >= 11 is 0. The first-order chi connectivity index (χ1) is 8.90. The van der Waals surface area contributed by atoms with Gasteiger partial charge < -0.3 is 0 Å². The van der Waals surface area contributed by atoms with Crippen molar-refractivity contribution in [3.05, 3.63) is 16.5 Å². The Morgan fingerprint density at radius 2 is 2.00 bits per heavy atom. The van der Waals surface area contributed by atoms with Crippen molar-refractivity contribution in [2.45, 2.75) is 46.0 Å². The van der Waals surface area contributed by atoms with Gasteiger partial charge in [0.15, 0.2) is 0 Å². The Kier molecular flexibility index (Phi) is 1.82. The van der Waals surface area contributed by atoms with E-state index in [1.165, 1.54) is 6.42 Å². The van der Waals surface area contributed by atoms with Crippen LogP contribution in [-0.2, 0) is 5.41 Å². The first kappa shape index (κ1) is 11.4. The van der Waals surface area contributed by atoms with Crippen LogP contribution in [0, 0.1) is 17.3 Å². The second kappa shape index (κ2) is 3.02. The van der Waals surface area contributed by atoms with E-state index >= 15 is 0 Å². The highest BCUT2D eigenvalue weighted by atomic mass is 16.2. The summed E-state index contributed by atoms with van der Waals surface area (Å²) in [5.74, 6) is 2.52. The van der Waals surface area contributed by atoms with Crippen molar-refractivity contribution in [2.24, 2.45) is 17.3 Å². The van der Waals surface area contributed by atoms with E-state index < -0.39 is 0 Å². The lowest BCUT2D eigenvalue weighted by Crippen LogP contribution is -2.43. The van der Waals surface area contributed by atoms with Gasteiger partial charge in [0.2, 0.25) is 5.91 Å². The molecule has 0 saturated heterocycles. The molecule has 19 heavy (non-hydrogen) atoms. The summed E-state index contributed by atoms with van der Waals surface area (Å²) in [5, 5.41) is 2.09. The Bertz CT molecular complexity index is 725. The van der Waals surface area contributed by atoms with Crippen LogP contribution in [0.3, 0.4) is 0 Å². The molecule has 0 spiro atoms. The summed E-state index contributed by atoms with van der Waals surface area (Å²) in [4.78, 5) is 17.7. The van der Waals surface area contributed by atoms with Gasteiger partial charge >= 0.3 is 0 Å². The van der Waals surface area contributed by atoms with Crippen LogP contribution in [0.1, 0.15) is 51.2 Å². The first-order valence-electron chi connectivity index (χ1n) is 7.28. The zero-order valence-electron chi connectivity index (χ0n) is 12.0. The van der Waals surface area contributed by atoms with Crippen LogP contribution in [0.15, 0.2) is 0 Å². The molecule has 1 aliphatic heterocycles. The van der Waals surface area contributed by atoms with E-state index in [4.69, 9.17) is 4.98 Å². The molecule has 0 N–H and O–H groups in total. The van der Waals surface area contributed by atoms with Crippen LogP contribution in [0.4, 0.5) is 0 Å². The Morgan fingerprint density at radius 1 is 1.32 bits per heavy atom. The molecule has 2 aliphatic carbocycles. The number of rotatable bonds is 1. The van der Waals surface area contributed by atoms with Crippen molar-refractivity contribution in [3.63, 3.8) is 0 Å². The number of hydrogen-bond donors (Lipinski definition) is 0. The lowest BCUT2D eigenvalue weighted by atomic mass is 9.66. The number of carbonyl (C=O) groups is 1. The SMILES string of the molecule is CCC1(C)C(=O)n2c(nc3c2=CC2CC2C=3)C1(C)C. The number of aromatic nitrogens is 2.